The van der Waals surface area contributed by atoms with Gasteiger partial charge in [0.25, 0.3) is 0 Å². The molecule has 35 heavy (non-hydrogen) atoms. The fourth-order valence-corrected chi connectivity index (χ4v) is 4.38. The number of para-hydroxylation sites is 1. The Bertz CT molecular complexity index is 1300. The van der Waals surface area contributed by atoms with Crippen molar-refractivity contribution < 1.29 is 19.4 Å². The fraction of sp³-hybridized carbons (Fsp3) is 0.222. The molecule has 0 aliphatic rings. The first-order chi connectivity index (χ1) is 17.0. The first-order valence-corrected chi connectivity index (χ1v) is 12.0. The summed E-state index contributed by atoms with van der Waals surface area (Å²) in [5.41, 5.74) is 3.52. The topological polar surface area (TPSA) is 83.6 Å². The minimum Gasteiger partial charge on any atom is -0.490 e. The van der Waals surface area contributed by atoms with E-state index in [9.17, 15) is 9.90 Å². The second-order valence-corrected chi connectivity index (χ2v) is 8.85. The van der Waals surface area contributed by atoms with Crippen LogP contribution in [-0.4, -0.2) is 28.7 Å². The zero-order valence-corrected chi connectivity index (χ0v) is 20.7. The summed E-state index contributed by atoms with van der Waals surface area (Å²) in [5, 5.41) is 15.0. The summed E-state index contributed by atoms with van der Waals surface area (Å²) >= 11 is 12.5. The number of rotatable bonds is 11. The Labute approximate surface area is 213 Å². The zero-order valence-electron chi connectivity index (χ0n) is 19.2. The van der Waals surface area contributed by atoms with Crippen molar-refractivity contribution in [3.8, 4) is 11.5 Å². The average molecular weight is 513 g/mol. The molecule has 0 saturated carbocycles. The number of hydrogen-bond donors (Lipinski definition) is 3. The lowest BCUT2D eigenvalue weighted by molar-refractivity contribution is -0.139. The van der Waals surface area contributed by atoms with Gasteiger partial charge in [-0.05, 0) is 48.4 Å². The molecule has 0 aliphatic carbocycles. The monoisotopic (exact) mass is 512 g/mol. The van der Waals surface area contributed by atoms with Crippen LogP contribution in [0.15, 0.2) is 66.9 Å². The highest BCUT2D eigenvalue weighted by atomic mass is 35.5. The molecule has 1 heterocycles. The summed E-state index contributed by atoms with van der Waals surface area (Å²) in [6.45, 7) is 2.90. The number of fused-ring (bicyclic) bond motifs is 1. The first-order valence-electron chi connectivity index (χ1n) is 11.3. The molecule has 0 bridgehead atoms. The highest BCUT2D eigenvalue weighted by Gasteiger charge is 2.20. The Morgan fingerprint density at radius 3 is 2.54 bits per heavy atom. The van der Waals surface area contributed by atoms with Crippen molar-refractivity contribution in [1.29, 1.82) is 0 Å². The van der Waals surface area contributed by atoms with Crippen LogP contribution < -0.4 is 14.8 Å². The Hall–Kier alpha value is -3.19. The quantitative estimate of drug-likeness (QED) is 0.221. The number of H-pyrrole nitrogens is 1. The molecule has 3 aromatic carbocycles. The molecule has 4 rings (SSSR count). The van der Waals surface area contributed by atoms with Crippen LogP contribution in [0.2, 0.25) is 10.0 Å². The van der Waals surface area contributed by atoms with Gasteiger partial charge in [-0.15, -0.1) is 0 Å². The Morgan fingerprint density at radius 2 is 1.80 bits per heavy atom. The van der Waals surface area contributed by atoms with Gasteiger partial charge in [0.1, 0.15) is 12.6 Å². The van der Waals surface area contributed by atoms with E-state index in [1.165, 1.54) is 0 Å². The predicted octanol–water partition coefficient (Wildman–Crippen LogP) is 6.24. The second-order valence-electron chi connectivity index (χ2n) is 8.04. The van der Waals surface area contributed by atoms with E-state index >= 15 is 0 Å². The third-order valence-corrected chi connectivity index (χ3v) is 6.40. The molecule has 182 valence electrons. The highest BCUT2D eigenvalue weighted by molar-refractivity contribution is 6.35. The van der Waals surface area contributed by atoms with Gasteiger partial charge in [0.05, 0.1) is 6.61 Å². The van der Waals surface area contributed by atoms with Crippen LogP contribution >= 0.6 is 23.2 Å². The lowest BCUT2D eigenvalue weighted by Gasteiger charge is -2.17. The number of carboxylic acid groups (broad SMARTS) is 1. The standard InChI is InChI=1S/C27H26Cl2N2O4/c1-2-34-26-12-17(10-11-25(26)35-16-20-21(28)7-5-8-22(20)29)14-30-24(27(32)33)13-18-15-31-23-9-4-3-6-19(18)23/h3-12,15,24,30-31H,2,13-14,16H2,1H3,(H,32,33)/t24-/m0/s1. The number of aromatic amines is 1. The van der Waals surface area contributed by atoms with Crippen molar-refractivity contribution in [2.75, 3.05) is 6.61 Å². The molecule has 4 aromatic rings. The van der Waals surface area contributed by atoms with Crippen LogP contribution in [0.3, 0.4) is 0 Å². The Balaban J connectivity index is 1.45. The van der Waals surface area contributed by atoms with Crippen LogP contribution in [0.1, 0.15) is 23.6 Å². The maximum absolute atomic E-state index is 11.9. The van der Waals surface area contributed by atoms with Gasteiger partial charge in [-0.2, -0.15) is 0 Å². The molecule has 0 amide bonds. The molecule has 0 spiro atoms. The molecule has 0 unspecified atom stereocenters. The third kappa shape index (κ3) is 6.09. The van der Waals surface area contributed by atoms with Gasteiger partial charge < -0.3 is 24.9 Å². The summed E-state index contributed by atoms with van der Waals surface area (Å²) < 4.78 is 11.7. The van der Waals surface area contributed by atoms with Gasteiger partial charge in [0.15, 0.2) is 11.5 Å². The molecular formula is C27H26Cl2N2O4. The Morgan fingerprint density at radius 1 is 1.03 bits per heavy atom. The number of ether oxygens (including phenoxy) is 2. The van der Waals surface area contributed by atoms with E-state index in [4.69, 9.17) is 32.7 Å². The second kappa shape index (κ2) is 11.5. The van der Waals surface area contributed by atoms with E-state index in [-0.39, 0.29) is 6.61 Å². The van der Waals surface area contributed by atoms with Gasteiger partial charge in [-0.25, -0.2) is 0 Å². The van der Waals surface area contributed by atoms with Crippen LogP contribution in [0.4, 0.5) is 0 Å². The van der Waals surface area contributed by atoms with E-state index in [0.29, 0.717) is 46.7 Å². The normalized spacial score (nSPS) is 12.0. The zero-order chi connectivity index (χ0) is 24.8. The number of halogens is 2. The lowest BCUT2D eigenvalue weighted by atomic mass is 10.0. The number of hydrogen-bond acceptors (Lipinski definition) is 4. The molecule has 0 aliphatic heterocycles. The maximum Gasteiger partial charge on any atom is 0.321 e. The largest absolute Gasteiger partial charge is 0.490 e. The van der Waals surface area contributed by atoms with Gasteiger partial charge in [-0.3, -0.25) is 4.79 Å². The van der Waals surface area contributed by atoms with Gasteiger partial charge in [-0.1, -0.05) is 53.5 Å². The number of aromatic nitrogens is 1. The lowest BCUT2D eigenvalue weighted by Crippen LogP contribution is -2.38. The maximum atomic E-state index is 11.9. The highest BCUT2D eigenvalue weighted by Crippen LogP contribution is 2.32. The van der Waals surface area contributed by atoms with Crippen LogP contribution in [0.5, 0.6) is 11.5 Å². The van der Waals surface area contributed by atoms with Gasteiger partial charge >= 0.3 is 5.97 Å². The molecule has 6 nitrogen and oxygen atoms in total. The van der Waals surface area contributed by atoms with Crippen molar-refractivity contribution >= 4 is 40.1 Å². The van der Waals surface area contributed by atoms with E-state index in [1.54, 1.807) is 18.2 Å². The SMILES string of the molecule is CCOc1cc(CN[C@@H](Cc2c[nH]c3ccccc23)C(=O)O)ccc1OCc1c(Cl)cccc1Cl. The number of carbonyl (C=O) groups is 1. The van der Waals surface area contributed by atoms with E-state index in [2.05, 4.69) is 10.3 Å². The molecule has 0 radical (unpaired) electrons. The Kier molecular flexibility index (Phi) is 8.18. The van der Waals surface area contributed by atoms with E-state index in [1.807, 2.05) is 55.6 Å². The third-order valence-electron chi connectivity index (χ3n) is 5.69. The van der Waals surface area contributed by atoms with Crippen LogP contribution in [-0.2, 0) is 24.4 Å². The minimum atomic E-state index is -0.906. The predicted molar refractivity (Wildman–Crippen MR) is 139 cm³/mol. The average Bonchev–Trinajstić information content (AvgIpc) is 3.25. The van der Waals surface area contributed by atoms with Crippen molar-refractivity contribution in [3.63, 3.8) is 0 Å². The van der Waals surface area contributed by atoms with Crippen molar-refractivity contribution in [3.05, 3.63) is 93.6 Å². The first kappa shape index (κ1) is 24.9. The van der Waals surface area contributed by atoms with Gasteiger partial charge in [0.2, 0.25) is 0 Å². The summed E-state index contributed by atoms with van der Waals surface area (Å²) in [5.74, 6) is 0.218. The number of nitrogens with one attached hydrogen (secondary N) is 2. The number of carboxylic acids is 1. The summed E-state index contributed by atoms with van der Waals surface area (Å²) in [6.07, 6.45) is 2.23. The molecule has 0 fully saturated rings. The molecule has 1 atom stereocenters. The van der Waals surface area contributed by atoms with Crippen LogP contribution in [0.25, 0.3) is 10.9 Å². The van der Waals surface area contributed by atoms with Crippen molar-refractivity contribution in [2.24, 2.45) is 0 Å². The molecule has 3 N–H and O–H groups in total. The molecule has 0 saturated heterocycles. The summed E-state index contributed by atoms with van der Waals surface area (Å²) in [4.78, 5) is 15.1. The van der Waals surface area contributed by atoms with Crippen molar-refractivity contribution in [2.45, 2.75) is 32.5 Å². The van der Waals surface area contributed by atoms with E-state index in [0.717, 1.165) is 22.0 Å². The van der Waals surface area contributed by atoms with Crippen molar-refractivity contribution in [1.82, 2.24) is 10.3 Å². The van der Waals surface area contributed by atoms with Crippen LogP contribution in [0, 0.1) is 0 Å². The smallest absolute Gasteiger partial charge is 0.321 e. The minimum absolute atomic E-state index is 0.196. The summed E-state index contributed by atoms with van der Waals surface area (Å²) in [7, 11) is 0. The van der Waals surface area contributed by atoms with Gasteiger partial charge in [0, 0.05) is 45.7 Å². The van der Waals surface area contributed by atoms with E-state index < -0.39 is 12.0 Å². The number of benzene rings is 3. The summed E-state index contributed by atoms with van der Waals surface area (Å²) in [6, 6.07) is 18.0. The number of aliphatic carboxylic acids is 1. The molecule has 8 heteroatoms. The fourth-order valence-electron chi connectivity index (χ4n) is 3.88. The molecule has 1 aromatic heterocycles. The molecular weight excluding hydrogens is 487 g/mol.